The number of rotatable bonds is 5. The number of benzene rings is 2. The van der Waals surface area contributed by atoms with Gasteiger partial charge in [-0.1, -0.05) is 59.6 Å². The maximum Gasteiger partial charge on any atom is 0.244 e. The van der Waals surface area contributed by atoms with Crippen molar-refractivity contribution < 1.29 is 9.59 Å². The molecular formula is C19H20Cl2N4O2. The minimum atomic E-state index is -0.365. The van der Waals surface area contributed by atoms with Crippen molar-refractivity contribution in [3.05, 3.63) is 64.1 Å². The van der Waals surface area contributed by atoms with Crippen molar-refractivity contribution in [2.75, 3.05) is 25.5 Å². The Kier molecular flexibility index (Phi) is 6.34. The quantitative estimate of drug-likeness (QED) is 0.713. The summed E-state index contributed by atoms with van der Waals surface area (Å²) in [5, 5.41) is 3.36. The first-order valence-electron chi connectivity index (χ1n) is 8.49. The van der Waals surface area contributed by atoms with E-state index in [1.807, 2.05) is 30.3 Å². The fourth-order valence-corrected chi connectivity index (χ4v) is 3.57. The highest BCUT2D eigenvalue weighted by molar-refractivity contribution is 6.39. The predicted molar refractivity (Wildman–Crippen MR) is 107 cm³/mol. The Morgan fingerprint density at radius 1 is 1.11 bits per heavy atom. The third-order valence-electron chi connectivity index (χ3n) is 4.44. The molecule has 2 aromatic carbocycles. The third-order valence-corrected chi connectivity index (χ3v) is 5.07. The van der Waals surface area contributed by atoms with Crippen molar-refractivity contribution in [1.82, 2.24) is 15.8 Å². The maximum atomic E-state index is 12.9. The first-order valence-corrected chi connectivity index (χ1v) is 9.25. The molecule has 2 aromatic rings. The molecule has 1 aliphatic heterocycles. The lowest BCUT2D eigenvalue weighted by Crippen LogP contribution is -2.40. The first kappa shape index (κ1) is 19.6. The van der Waals surface area contributed by atoms with Gasteiger partial charge in [0.2, 0.25) is 11.8 Å². The van der Waals surface area contributed by atoms with Gasteiger partial charge >= 0.3 is 0 Å². The van der Waals surface area contributed by atoms with Crippen LogP contribution in [0.3, 0.4) is 0 Å². The summed E-state index contributed by atoms with van der Waals surface area (Å²) in [5.74, 6) is -0.799. The van der Waals surface area contributed by atoms with Crippen LogP contribution in [0, 0.1) is 5.92 Å². The number of hydrazine groups is 1. The van der Waals surface area contributed by atoms with Gasteiger partial charge in [-0.3, -0.25) is 15.0 Å². The van der Waals surface area contributed by atoms with Gasteiger partial charge in [0, 0.05) is 13.6 Å². The molecule has 0 spiro atoms. The van der Waals surface area contributed by atoms with Crippen LogP contribution >= 0.6 is 23.2 Å². The zero-order valence-corrected chi connectivity index (χ0v) is 16.2. The fraction of sp³-hybridized carbons (Fsp3) is 0.263. The minimum Gasteiger partial charge on any atom is -0.336 e. The van der Waals surface area contributed by atoms with Crippen LogP contribution in [0.15, 0.2) is 48.5 Å². The van der Waals surface area contributed by atoms with Crippen molar-refractivity contribution in [1.29, 1.82) is 0 Å². The summed E-state index contributed by atoms with van der Waals surface area (Å²) in [6.07, 6.45) is 0. The number of hydrogen-bond donors (Lipinski definition) is 3. The smallest absolute Gasteiger partial charge is 0.244 e. The van der Waals surface area contributed by atoms with Gasteiger partial charge in [-0.05, 0) is 17.7 Å². The molecule has 2 atom stereocenters. The number of likely N-dealkylation sites (N-methyl/N-ethyl adjacent to an activating group) is 1. The molecule has 8 heteroatoms. The van der Waals surface area contributed by atoms with Gasteiger partial charge in [0.05, 0.1) is 34.2 Å². The van der Waals surface area contributed by atoms with Gasteiger partial charge in [0.15, 0.2) is 0 Å². The van der Waals surface area contributed by atoms with Crippen molar-refractivity contribution in [2.24, 2.45) is 5.92 Å². The highest BCUT2D eigenvalue weighted by Gasteiger charge is 2.35. The van der Waals surface area contributed by atoms with Crippen molar-refractivity contribution in [3.63, 3.8) is 0 Å². The normalized spacial score (nSPS) is 18.9. The van der Waals surface area contributed by atoms with E-state index >= 15 is 0 Å². The molecule has 27 heavy (non-hydrogen) atoms. The van der Waals surface area contributed by atoms with Gasteiger partial charge < -0.3 is 10.2 Å². The van der Waals surface area contributed by atoms with Crippen LogP contribution in [-0.4, -0.2) is 36.9 Å². The largest absolute Gasteiger partial charge is 0.336 e. The van der Waals surface area contributed by atoms with Crippen LogP contribution in [0.1, 0.15) is 11.6 Å². The number of nitrogens with one attached hydrogen (secondary N) is 3. The molecular weight excluding hydrogens is 387 g/mol. The number of halogens is 2. The second-order valence-electron chi connectivity index (χ2n) is 6.36. The molecule has 1 saturated heterocycles. The van der Waals surface area contributed by atoms with Gasteiger partial charge in [-0.25, -0.2) is 5.43 Å². The molecule has 1 fully saturated rings. The highest BCUT2D eigenvalue weighted by atomic mass is 35.5. The van der Waals surface area contributed by atoms with E-state index in [-0.39, 0.29) is 30.3 Å². The molecule has 3 N–H and O–H groups in total. The number of nitrogens with zero attached hydrogens (tertiary/aromatic N) is 1. The Hall–Kier alpha value is -2.12. The number of amides is 2. The molecule has 0 bridgehead atoms. The summed E-state index contributed by atoms with van der Waals surface area (Å²) in [6, 6.07) is 14.5. The summed E-state index contributed by atoms with van der Waals surface area (Å²) >= 11 is 12.1. The van der Waals surface area contributed by atoms with Crippen LogP contribution in [0.2, 0.25) is 10.0 Å². The van der Waals surface area contributed by atoms with Gasteiger partial charge in [-0.15, -0.1) is 0 Å². The molecule has 0 saturated carbocycles. The number of hydrogen-bond acceptors (Lipinski definition) is 4. The van der Waals surface area contributed by atoms with E-state index < -0.39 is 0 Å². The number of carbonyl (C=O) groups excluding carboxylic acids is 2. The molecule has 0 aromatic heterocycles. The highest BCUT2D eigenvalue weighted by Crippen LogP contribution is 2.30. The molecule has 6 nitrogen and oxygen atoms in total. The zero-order chi connectivity index (χ0) is 19.4. The van der Waals surface area contributed by atoms with E-state index in [1.54, 1.807) is 25.2 Å². The molecule has 2 unspecified atom stereocenters. The Morgan fingerprint density at radius 2 is 1.78 bits per heavy atom. The summed E-state index contributed by atoms with van der Waals surface area (Å²) in [5.41, 5.74) is 7.53. The molecule has 0 radical (unpaired) electrons. The molecule has 2 amide bonds. The lowest BCUT2D eigenvalue weighted by molar-refractivity contribution is -0.136. The average molecular weight is 407 g/mol. The standard InChI is InChI=1S/C19H20Cl2N4O2/c1-25(11-16(26)23-18-14(20)8-5-9-15(18)21)19(27)13-10-22-24-17(13)12-6-3-2-4-7-12/h2-9,13,17,22,24H,10-11H2,1H3,(H,23,26). The molecule has 3 rings (SSSR count). The molecule has 142 valence electrons. The van der Waals surface area contributed by atoms with Crippen LogP contribution < -0.4 is 16.2 Å². The van der Waals surface area contributed by atoms with Crippen molar-refractivity contribution in [2.45, 2.75) is 6.04 Å². The summed E-state index contributed by atoms with van der Waals surface area (Å²) in [4.78, 5) is 26.6. The Balaban J connectivity index is 1.64. The summed E-state index contributed by atoms with van der Waals surface area (Å²) in [6.45, 7) is 0.388. The Labute approximate surface area is 167 Å². The van der Waals surface area contributed by atoms with Crippen LogP contribution in [-0.2, 0) is 9.59 Å². The third kappa shape index (κ3) is 4.59. The van der Waals surface area contributed by atoms with Gasteiger partial charge in [0.25, 0.3) is 0 Å². The van der Waals surface area contributed by atoms with E-state index in [0.717, 1.165) is 5.56 Å². The minimum absolute atomic E-state index is 0.0988. The first-order chi connectivity index (χ1) is 13.0. The van der Waals surface area contributed by atoms with Crippen LogP contribution in [0.5, 0.6) is 0 Å². The monoisotopic (exact) mass is 406 g/mol. The van der Waals surface area contributed by atoms with E-state index in [9.17, 15) is 9.59 Å². The average Bonchev–Trinajstić information content (AvgIpc) is 3.14. The molecule has 1 heterocycles. The maximum absolute atomic E-state index is 12.9. The number of carbonyl (C=O) groups is 2. The zero-order valence-electron chi connectivity index (χ0n) is 14.7. The Bertz CT molecular complexity index is 811. The second kappa shape index (κ2) is 8.71. The van der Waals surface area contributed by atoms with E-state index in [0.29, 0.717) is 22.3 Å². The van der Waals surface area contributed by atoms with E-state index in [1.165, 1.54) is 4.90 Å². The fourth-order valence-electron chi connectivity index (χ4n) is 3.08. The number of anilines is 1. The van der Waals surface area contributed by atoms with Crippen LogP contribution in [0.25, 0.3) is 0 Å². The van der Waals surface area contributed by atoms with Crippen molar-refractivity contribution in [3.8, 4) is 0 Å². The molecule has 0 aliphatic carbocycles. The lowest BCUT2D eigenvalue weighted by Gasteiger charge is -2.24. The summed E-state index contributed by atoms with van der Waals surface area (Å²) in [7, 11) is 1.61. The topological polar surface area (TPSA) is 73.5 Å². The van der Waals surface area contributed by atoms with Crippen molar-refractivity contribution >= 4 is 40.7 Å². The number of para-hydroxylation sites is 1. The SMILES string of the molecule is CN(CC(=O)Nc1c(Cl)cccc1Cl)C(=O)C1CNNC1c1ccccc1. The molecule has 1 aliphatic rings. The van der Waals surface area contributed by atoms with Gasteiger partial charge in [0.1, 0.15) is 0 Å². The summed E-state index contributed by atoms with van der Waals surface area (Å²) < 4.78 is 0. The second-order valence-corrected chi connectivity index (χ2v) is 7.17. The van der Waals surface area contributed by atoms with Crippen LogP contribution in [0.4, 0.5) is 5.69 Å². The van der Waals surface area contributed by atoms with E-state index in [4.69, 9.17) is 23.2 Å². The van der Waals surface area contributed by atoms with E-state index in [2.05, 4.69) is 16.2 Å². The Morgan fingerprint density at radius 3 is 2.44 bits per heavy atom. The van der Waals surface area contributed by atoms with Gasteiger partial charge in [-0.2, -0.15) is 0 Å². The predicted octanol–water partition coefficient (Wildman–Crippen LogP) is 2.86. The lowest BCUT2D eigenvalue weighted by atomic mass is 9.94.